The van der Waals surface area contributed by atoms with Gasteiger partial charge in [-0.15, -0.1) is 0 Å². The van der Waals surface area contributed by atoms with E-state index in [1.165, 1.54) is 33.4 Å². The zero-order chi connectivity index (χ0) is 25.4. The Bertz CT molecular complexity index is 1550. The monoisotopic (exact) mass is 606 g/mol. The van der Waals surface area contributed by atoms with E-state index in [0.717, 1.165) is 81.2 Å². The van der Waals surface area contributed by atoms with Gasteiger partial charge < -0.3 is 9.97 Å². The smallest absolute Gasteiger partial charge is 0.0693 e. The van der Waals surface area contributed by atoms with Crippen LogP contribution in [0.5, 0.6) is 0 Å². The normalized spacial score (nSPS) is 13.4. The third kappa shape index (κ3) is 4.90. The maximum absolute atomic E-state index is 5.17. The molecule has 5 rings (SSSR count). The largest absolute Gasteiger partial charge is 0.355 e. The zero-order valence-corrected chi connectivity index (χ0v) is 24.5. The van der Waals surface area contributed by atoms with E-state index >= 15 is 0 Å². The van der Waals surface area contributed by atoms with Gasteiger partial charge in [0.25, 0.3) is 0 Å². The van der Waals surface area contributed by atoms with Crippen LogP contribution in [0.25, 0.3) is 44.9 Å². The molecule has 5 heterocycles. The molecule has 0 saturated carbocycles. The van der Waals surface area contributed by atoms with E-state index < -0.39 is 0 Å². The second kappa shape index (κ2) is 10.5. The molecule has 0 radical (unpaired) electrons. The lowest BCUT2D eigenvalue weighted by molar-refractivity contribution is 0.942. The summed E-state index contributed by atoms with van der Waals surface area (Å²) in [5.74, 6) is 0. The zero-order valence-electron chi connectivity index (χ0n) is 21.4. The molecule has 0 aliphatic carbocycles. The Balaban J connectivity index is 1.88. The summed E-state index contributed by atoms with van der Waals surface area (Å²) in [7, 11) is 0. The maximum atomic E-state index is 5.17. The third-order valence-electron chi connectivity index (χ3n) is 7.20. The van der Waals surface area contributed by atoms with Crippen LogP contribution < -0.4 is 0 Å². The Hall–Kier alpha value is -2.44. The molecule has 0 saturated heterocycles. The summed E-state index contributed by atoms with van der Waals surface area (Å²) in [6.45, 7) is 8.71. The number of nitrogens with zero attached hydrogens (tertiary/aromatic N) is 2. The van der Waals surface area contributed by atoms with E-state index in [1.807, 2.05) is 0 Å². The molecule has 0 spiro atoms. The van der Waals surface area contributed by atoms with Crippen molar-refractivity contribution in [2.24, 2.45) is 0 Å². The lowest BCUT2D eigenvalue weighted by atomic mass is 10.0. The van der Waals surface area contributed by atoms with E-state index in [2.05, 4.69) is 106 Å². The Labute approximate surface area is 229 Å². The first-order valence-electron chi connectivity index (χ1n) is 12.6. The first kappa shape index (κ1) is 25.2. The van der Waals surface area contributed by atoms with Crippen LogP contribution in [0.3, 0.4) is 0 Å². The highest BCUT2D eigenvalue weighted by atomic mass is 79.9. The molecule has 0 atom stereocenters. The fraction of sp³-hybridized carbons (Fsp3) is 0.333. The van der Waals surface area contributed by atoms with Crippen molar-refractivity contribution in [1.82, 2.24) is 19.9 Å². The predicted molar refractivity (Wildman–Crippen MR) is 162 cm³/mol. The minimum atomic E-state index is 0.978. The molecule has 4 nitrogen and oxygen atoms in total. The molecule has 3 aromatic heterocycles. The average molecular weight is 608 g/mol. The number of hydrogen-bond acceptors (Lipinski definition) is 2. The van der Waals surface area contributed by atoms with Gasteiger partial charge in [0.1, 0.15) is 0 Å². The van der Waals surface area contributed by atoms with Gasteiger partial charge in [-0.2, -0.15) is 0 Å². The van der Waals surface area contributed by atoms with E-state index in [9.17, 15) is 0 Å². The number of fused-ring (bicyclic) bond motifs is 8. The van der Waals surface area contributed by atoms with Crippen LogP contribution >= 0.6 is 31.9 Å². The number of H-pyrrole nitrogens is 2. The molecular weight excluding hydrogens is 576 g/mol. The molecule has 8 bridgehead atoms. The van der Waals surface area contributed by atoms with Gasteiger partial charge in [-0.25, -0.2) is 9.97 Å². The fourth-order valence-electron chi connectivity index (χ4n) is 5.13. The summed E-state index contributed by atoms with van der Waals surface area (Å²) < 4.78 is 0. The topological polar surface area (TPSA) is 57.4 Å². The Morgan fingerprint density at radius 2 is 1.47 bits per heavy atom. The molecule has 3 aromatic rings. The summed E-state index contributed by atoms with van der Waals surface area (Å²) >= 11 is 7.24. The van der Waals surface area contributed by atoms with Crippen molar-refractivity contribution in [2.45, 2.75) is 53.4 Å². The fourth-order valence-corrected chi connectivity index (χ4v) is 5.69. The number of nitrogens with one attached hydrogen (secondary N) is 2. The van der Waals surface area contributed by atoms with Gasteiger partial charge >= 0.3 is 0 Å². The lowest BCUT2D eigenvalue weighted by Crippen LogP contribution is -1.89. The number of aryl methyl sites for hydroxylation is 3. The van der Waals surface area contributed by atoms with Crippen LogP contribution in [-0.4, -0.2) is 30.6 Å². The van der Waals surface area contributed by atoms with Gasteiger partial charge in [0.2, 0.25) is 0 Å². The summed E-state index contributed by atoms with van der Waals surface area (Å²) in [6.07, 6.45) is 6.35. The lowest BCUT2D eigenvalue weighted by Gasteiger charge is -2.03. The third-order valence-corrected chi connectivity index (χ3v) is 8.32. The van der Waals surface area contributed by atoms with Crippen LogP contribution in [0.4, 0.5) is 0 Å². The van der Waals surface area contributed by atoms with E-state index in [1.54, 1.807) is 0 Å². The van der Waals surface area contributed by atoms with E-state index in [-0.39, 0.29) is 0 Å². The Kier molecular flexibility index (Phi) is 7.36. The number of rotatable bonds is 6. The molecular formula is C30H32Br2N4. The molecule has 0 amide bonds. The summed E-state index contributed by atoms with van der Waals surface area (Å²) in [5, 5.41) is 1.97. The molecule has 2 aliphatic heterocycles. The highest BCUT2D eigenvalue weighted by Gasteiger charge is 2.18. The van der Waals surface area contributed by atoms with E-state index in [4.69, 9.17) is 9.97 Å². The first-order chi connectivity index (χ1) is 17.4. The SMILES string of the molecule is CC1=Cc2cc3[nH]c(cc4nc(cc5[nH]c(cc1n2)cc5C)C(C)=C4CCCBr)c(CCCBr)c3C. The van der Waals surface area contributed by atoms with Gasteiger partial charge in [-0.1, -0.05) is 31.9 Å². The van der Waals surface area contributed by atoms with Crippen LogP contribution in [0.1, 0.15) is 72.6 Å². The van der Waals surface area contributed by atoms with Gasteiger partial charge in [0, 0.05) is 32.7 Å². The van der Waals surface area contributed by atoms with Crippen LogP contribution in [0, 0.1) is 13.8 Å². The molecule has 186 valence electrons. The van der Waals surface area contributed by atoms with Gasteiger partial charge in [-0.05, 0) is 123 Å². The van der Waals surface area contributed by atoms with Gasteiger partial charge in [0.15, 0.2) is 0 Å². The van der Waals surface area contributed by atoms with Crippen LogP contribution in [0.15, 0.2) is 30.3 Å². The van der Waals surface area contributed by atoms with Gasteiger partial charge in [-0.3, -0.25) is 0 Å². The first-order valence-corrected chi connectivity index (χ1v) is 14.8. The summed E-state index contributed by atoms with van der Waals surface area (Å²) in [6, 6.07) is 11.0. The molecule has 0 fully saturated rings. The summed E-state index contributed by atoms with van der Waals surface area (Å²) in [5.41, 5.74) is 16.2. The second-order valence-corrected chi connectivity index (χ2v) is 11.4. The quantitative estimate of drug-likeness (QED) is 0.275. The Morgan fingerprint density at radius 1 is 0.722 bits per heavy atom. The van der Waals surface area contributed by atoms with Crippen molar-refractivity contribution in [2.75, 3.05) is 10.7 Å². The number of aromatic nitrogens is 4. The summed E-state index contributed by atoms with van der Waals surface area (Å²) in [4.78, 5) is 17.4. The number of aromatic amines is 2. The Morgan fingerprint density at radius 3 is 2.25 bits per heavy atom. The van der Waals surface area contributed by atoms with Crippen molar-refractivity contribution in [3.63, 3.8) is 0 Å². The number of halogens is 2. The number of hydrogen-bond donors (Lipinski definition) is 2. The van der Waals surface area contributed by atoms with Gasteiger partial charge in [0.05, 0.1) is 22.8 Å². The predicted octanol–water partition coefficient (Wildman–Crippen LogP) is 8.93. The molecule has 6 heteroatoms. The average Bonchev–Trinajstić information content (AvgIpc) is 3.53. The number of alkyl halides is 2. The standard InChI is InChI=1S/C30H32Br2N4/c1-17-11-22-14-27-19(3)23(7-5-9-31)29(35-27)16-30-24(8-6-10-32)20(4)28(36-30)15-26-18(2)12-21(34-26)13-25(17)33-22/h11-16,34-35H,5-10H2,1-4H3. The highest BCUT2D eigenvalue weighted by molar-refractivity contribution is 9.09. The maximum Gasteiger partial charge on any atom is 0.0693 e. The second-order valence-electron chi connectivity index (χ2n) is 9.77. The minimum Gasteiger partial charge on any atom is -0.355 e. The van der Waals surface area contributed by atoms with Crippen molar-refractivity contribution in [3.8, 4) is 0 Å². The molecule has 2 N–H and O–H groups in total. The van der Waals surface area contributed by atoms with Crippen molar-refractivity contribution in [1.29, 1.82) is 0 Å². The highest BCUT2D eigenvalue weighted by Crippen LogP contribution is 2.35. The molecule has 2 aliphatic rings. The van der Waals surface area contributed by atoms with Crippen LogP contribution in [0.2, 0.25) is 0 Å². The van der Waals surface area contributed by atoms with Crippen molar-refractivity contribution < 1.29 is 0 Å². The van der Waals surface area contributed by atoms with E-state index in [0.29, 0.717) is 0 Å². The minimum absolute atomic E-state index is 0.978. The van der Waals surface area contributed by atoms with Crippen molar-refractivity contribution >= 4 is 76.7 Å². The molecule has 36 heavy (non-hydrogen) atoms. The van der Waals surface area contributed by atoms with Crippen LogP contribution in [-0.2, 0) is 6.42 Å². The van der Waals surface area contributed by atoms with Crippen molar-refractivity contribution in [3.05, 3.63) is 69.8 Å². The number of allylic oxidation sites excluding steroid dienone is 3. The molecule has 0 unspecified atom stereocenters. The molecule has 0 aromatic carbocycles.